The molecule has 1 aliphatic heterocycles. The summed E-state index contributed by atoms with van der Waals surface area (Å²) >= 11 is 11.5. The normalized spacial score (nSPS) is 21.0. The molecule has 1 atom stereocenters. The van der Waals surface area contributed by atoms with Gasteiger partial charge in [-0.1, -0.05) is 48.4 Å². The second-order valence-corrected chi connectivity index (χ2v) is 6.30. The Morgan fingerprint density at radius 3 is 2.32 bits per heavy atom. The maximum absolute atomic E-state index is 6.00. The van der Waals surface area contributed by atoms with E-state index in [1.807, 2.05) is 29.3 Å². The van der Waals surface area contributed by atoms with Crippen LogP contribution in [0.25, 0.3) is 0 Å². The zero-order valence-electron chi connectivity index (χ0n) is 12.6. The maximum atomic E-state index is 6.00. The van der Waals surface area contributed by atoms with Crippen molar-refractivity contribution in [3.8, 4) is 0 Å². The Morgan fingerprint density at radius 1 is 1.09 bits per heavy atom. The Labute approximate surface area is 141 Å². The molecule has 0 unspecified atom stereocenters. The van der Waals surface area contributed by atoms with Crippen molar-refractivity contribution in [3.63, 3.8) is 0 Å². The number of hydrogen-bond donors (Lipinski definition) is 2. The monoisotopic (exact) mass is 331 g/mol. The van der Waals surface area contributed by atoms with Crippen molar-refractivity contribution in [2.24, 2.45) is 0 Å². The highest BCUT2D eigenvalue weighted by Gasteiger charge is 2.40. The Bertz CT molecular complexity index is 684. The van der Waals surface area contributed by atoms with Crippen LogP contribution in [0.15, 0.2) is 48.5 Å². The molecule has 22 heavy (non-hydrogen) atoms. The van der Waals surface area contributed by atoms with Gasteiger partial charge in [-0.2, -0.15) is 5.43 Å². The van der Waals surface area contributed by atoms with Gasteiger partial charge in [0.2, 0.25) is 0 Å². The molecule has 114 valence electrons. The smallest absolute Gasteiger partial charge is 0.190 e. The first-order chi connectivity index (χ1) is 10.5. The average Bonchev–Trinajstić information content (AvgIpc) is 2.87. The number of anilines is 1. The third-order valence-electron chi connectivity index (χ3n) is 3.99. The van der Waals surface area contributed by atoms with E-state index in [0.29, 0.717) is 5.11 Å². The molecular weight excluding hydrogens is 314 g/mol. The molecule has 0 aliphatic carbocycles. The first-order valence-corrected chi connectivity index (χ1v) is 8.05. The standard InChI is InChI=1S/C17H18ClN3S/c1-3-17(13-6-8-14(18)9-7-13)19-16(22)21(20-17)15-10-4-12(2)5-11-15/h4-11,20H,3H2,1-2H3,(H,19,22)/t17-/m0/s1. The van der Waals surface area contributed by atoms with Gasteiger partial charge in [-0.3, -0.25) is 0 Å². The number of rotatable bonds is 3. The van der Waals surface area contributed by atoms with E-state index >= 15 is 0 Å². The van der Waals surface area contributed by atoms with Crippen molar-refractivity contribution in [1.29, 1.82) is 0 Å². The first kappa shape index (κ1) is 15.3. The highest BCUT2D eigenvalue weighted by molar-refractivity contribution is 7.80. The van der Waals surface area contributed by atoms with Crippen LogP contribution in [0.4, 0.5) is 5.69 Å². The van der Waals surface area contributed by atoms with Gasteiger partial charge >= 0.3 is 0 Å². The van der Waals surface area contributed by atoms with Crippen LogP contribution in [0.3, 0.4) is 0 Å². The Balaban J connectivity index is 1.94. The van der Waals surface area contributed by atoms with E-state index in [4.69, 9.17) is 23.8 Å². The third-order valence-corrected chi connectivity index (χ3v) is 4.52. The summed E-state index contributed by atoms with van der Waals surface area (Å²) in [5, 5.41) is 6.74. The van der Waals surface area contributed by atoms with Crippen molar-refractivity contribution < 1.29 is 0 Å². The van der Waals surface area contributed by atoms with Gasteiger partial charge in [-0.25, -0.2) is 5.01 Å². The van der Waals surface area contributed by atoms with Gasteiger partial charge in [-0.15, -0.1) is 0 Å². The molecule has 0 amide bonds. The number of benzene rings is 2. The molecule has 0 spiro atoms. The fourth-order valence-electron chi connectivity index (χ4n) is 2.63. The molecule has 2 N–H and O–H groups in total. The van der Waals surface area contributed by atoms with E-state index in [9.17, 15) is 0 Å². The summed E-state index contributed by atoms with van der Waals surface area (Å²) in [6, 6.07) is 16.1. The zero-order valence-corrected chi connectivity index (χ0v) is 14.1. The number of hydrogen-bond acceptors (Lipinski definition) is 2. The summed E-state index contributed by atoms with van der Waals surface area (Å²) in [7, 11) is 0. The van der Waals surface area contributed by atoms with E-state index in [-0.39, 0.29) is 0 Å². The predicted molar refractivity (Wildman–Crippen MR) is 95.9 cm³/mol. The van der Waals surface area contributed by atoms with E-state index in [0.717, 1.165) is 22.7 Å². The summed E-state index contributed by atoms with van der Waals surface area (Å²) in [6.07, 6.45) is 0.844. The van der Waals surface area contributed by atoms with Crippen molar-refractivity contribution in [2.75, 3.05) is 5.01 Å². The summed E-state index contributed by atoms with van der Waals surface area (Å²) < 4.78 is 0. The van der Waals surface area contributed by atoms with Crippen LogP contribution in [0.1, 0.15) is 24.5 Å². The molecule has 1 saturated heterocycles. The van der Waals surface area contributed by atoms with Gasteiger partial charge in [0.05, 0.1) is 5.69 Å². The number of nitrogens with zero attached hydrogens (tertiary/aromatic N) is 1. The molecule has 5 heteroatoms. The number of thiocarbonyl (C=S) groups is 1. The second kappa shape index (κ2) is 5.88. The van der Waals surface area contributed by atoms with Crippen LogP contribution in [0.5, 0.6) is 0 Å². The SMILES string of the molecule is CC[C@]1(c2ccc(Cl)cc2)NC(=S)N(c2ccc(C)cc2)N1. The van der Waals surface area contributed by atoms with Crippen LogP contribution in [0, 0.1) is 6.92 Å². The highest BCUT2D eigenvalue weighted by atomic mass is 35.5. The van der Waals surface area contributed by atoms with Crippen molar-refractivity contribution >= 4 is 34.6 Å². The molecule has 2 aromatic carbocycles. The molecule has 0 saturated carbocycles. The molecule has 1 aliphatic rings. The summed E-state index contributed by atoms with van der Waals surface area (Å²) in [6.45, 7) is 4.19. The lowest BCUT2D eigenvalue weighted by Crippen LogP contribution is -2.47. The molecule has 0 aromatic heterocycles. The first-order valence-electron chi connectivity index (χ1n) is 7.27. The molecule has 0 bridgehead atoms. The Morgan fingerprint density at radius 2 is 1.73 bits per heavy atom. The Hall–Kier alpha value is -1.62. The van der Waals surface area contributed by atoms with Gasteiger partial charge in [0.1, 0.15) is 5.66 Å². The van der Waals surface area contributed by atoms with Crippen molar-refractivity contribution in [2.45, 2.75) is 25.9 Å². The van der Waals surface area contributed by atoms with Crippen LogP contribution < -0.4 is 15.8 Å². The minimum Gasteiger partial charge on any atom is -0.338 e. The second-order valence-electron chi connectivity index (χ2n) is 5.48. The minimum absolute atomic E-state index is 0.410. The van der Waals surface area contributed by atoms with Gasteiger partial charge in [0.25, 0.3) is 0 Å². The molecule has 0 radical (unpaired) electrons. The maximum Gasteiger partial charge on any atom is 0.190 e. The Kier molecular flexibility index (Phi) is 4.08. The molecule has 1 fully saturated rings. The molecule has 1 heterocycles. The minimum atomic E-state index is -0.410. The fraction of sp³-hybridized carbons (Fsp3) is 0.235. The van der Waals surface area contributed by atoms with Crippen LogP contribution in [-0.2, 0) is 5.66 Å². The van der Waals surface area contributed by atoms with Gasteiger partial charge in [0.15, 0.2) is 5.11 Å². The quantitative estimate of drug-likeness (QED) is 0.828. The predicted octanol–water partition coefficient (Wildman–Crippen LogP) is 4.11. The van der Waals surface area contributed by atoms with Gasteiger partial charge < -0.3 is 5.32 Å². The molecule has 3 rings (SSSR count). The topological polar surface area (TPSA) is 27.3 Å². The van der Waals surface area contributed by atoms with E-state index in [1.165, 1.54) is 5.56 Å². The summed E-state index contributed by atoms with van der Waals surface area (Å²) in [5.74, 6) is 0. The van der Waals surface area contributed by atoms with Crippen molar-refractivity contribution in [3.05, 3.63) is 64.7 Å². The lowest BCUT2D eigenvalue weighted by Gasteiger charge is -2.29. The van der Waals surface area contributed by atoms with Crippen molar-refractivity contribution in [1.82, 2.24) is 10.7 Å². The van der Waals surface area contributed by atoms with Crippen LogP contribution in [-0.4, -0.2) is 5.11 Å². The van der Waals surface area contributed by atoms with Crippen LogP contribution >= 0.6 is 23.8 Å². The third kappa shape index (κ3) is 2.70. The lowest BCUT2D eigenvalue weighted by atomic mass is 9.98. The van der Waals surface area contributed by atoms with E-state index in [2.05, 4.69) is 48.9 Å². The number of halogens is 1. The average molecular weight is 332 g/mol. The summed E-state index contributed by atoms with van der Waals surface area (Å²) in [4.78, 5) is 0. The molecule has 3 nitrogen and oxygen atoms in total. The highest BCUT2D eigenvalue weighted by Crippen LogP contribution is 2.30. The largest absolute Gasteiger partial charge is 0.338 e. The summed E-state index contributed by atoms with van der Waals surface area (Å²) in [5.41, 5.74) is 6.46. The zero-order chi connectivity index (χ0) is 15.7. The van der Waals surface area contributed by atoms with E-state index < -0.39 is 5.66 Å². The van der Waals surface area contributed by atoms with E-state index in [1.54, 1.807) is 0 Å². The van der Waals surface area contributed by atoms with Gasteiger partial charge in [-0.05, 0) is 55.4 Å². The molecular formula is C17H18ClN3S. The number of nitrogens with one attached hydrogen (secondary N) is 2. The van der Waals surface area contributed by atoms with Crippen LogP contribution in [0.2, 0.25) is 5.02 Å². The fourth-order valence-corrected chi connectivity index (χ4v) is 3.08. The number of aryl methyl sites for hydroxylation is 1. The number of hydrazine groups is 1. The van der Waals surface area contributed by atoms with Gasteiger partial charge in [0, 0.05) is 5.02 Å². The molecule has 2 aromatic rings. The lowest BCUT2D eigenvalue weighted by molar-refractivity contribution is 0.337.